The molecule has 0 aliphatic heterocycles. The maximum Gasteiger partial charge on any atom is 0.111 e. The molecule has 0 radical (unpaired) electrons. The monoisotopic (exact) mass is 293 g/mol. The van der Waals surface area contributed by atoms with Crippen molar-refractivity contribution >= 4 is 22.6 Å². The largest absolute Gasteiger partial charge is 0.328 e. The summed E-state index contributed by atoms with van der Waals surface area (Å²) >= 11 is 6.11. The van der Waals surface area contributed by atoms with Crippen molar-refractivity contribution in [2.75, 3.05) is 6.54 Å². The lowest BCUT2D eigenvalue weighted by molar-refractivity contribution is 0.425. The highest BCUT2D eigenvalue weighted by molar-refractivity contribution is 6.31. The Kier molecular flexibility index (Phi) is 4.71. The van der Waals surface area contributed by atoms with Crippen molar-refractivity contribution in [2.45, 2.75) is 52.6 Å². The van der Waals surface area contributed by atoms with E-state index in [0.717, 1.165) is 47.8 Å². The molecule has 0 fully saturated rings. The Morgan fingerprint density at radius 1 is 1.30 bits per heavy atom. The summed E-state index contributed by atoms with van der Waals surface area (Å²) in [5, 5.41) is 4.29. The lowest BCUT2D eigenvalue weighted by Crippen LogP contribution is -2.37. The van der Waals surface area contributed by atoms with Crippen LogP contribution < -0.4 is 5.32 Å². The molecule has 4 heteroatoms. The summed E-state index contributed by atoms with van der Waals surface area (Å²) in [6.07, 6.45) is 2.03. The number of hydrogen-bond donors (Lipinski definition) is 1. The molecule has 1 N–H and O–H groups in total. The van der Waals surface area contributed by atoms with Gasteiger partial charge in [0.1, 0.15) is 5.82 Å². The predicted molar refractivity (Wildman–Crippen MR) is 86.5 cm³/mol. The second kappa shape index (κ2) is 6.15. The summed E-state index contributed by atoms with van der Waals surface area (Å²) < 4.78 is 2.30. The smallest absolute Gasteiger partial charge is 0.111 e. The highest BCUT2D eigenvalue weighted by Crippen LogP contribution is 2.21. The second-order valence-electron chi connectivity index (χ2n) is 6.24. The molecule has 0 aliphatic carbocycles. The van der Waals surface area contributed by atoms with Crippen molar-refractivity contribution in [3.63, 3.8) is 0 Å². The van der Waals surface area contributed by atoms with Gasteiger partial charge in [-0.25, -0.2) is 4.98 Å². The van der Waals surface area contributed by atoms with E-state index < -0.39 is 0 Å². The number of imidazole rings is 1. The van der Waals surface area contributed by atoms with Crippen molar-refractivity contribution in [3.05, 3.63) is 29.0 Å². The zero-order valence-corrected chi connectivity index (χ0v) is 13.6. The van der Waals surface area contributed by atoms with Crippen LogP contribution in [0.3, 0.4) is 0 Å². The van der Waals surface area contributed by atoms with Gasteiger partial charge in [-0.1, -0.05) is 18.5 Å². The summed E-state index contributed by atoms with van der Waals surface area (Å²) in [5.41, 5.74) is 2.32. The van der Waals surface area contributed by atoms with Crippen LogP contribution in [-0.4, -0.2) is 21.6 Å². The summed E-state index contributed by atoms with van der Waals surface area (Å²) in [6, 6.07) is 5.93. The van der Waals surface area contributed by atoms with E-state index in [4.69, 9.17) is 16.6 Å². The molecule has 110 valence electrons. The van der Waals surface area contributed by atoms with E-state index in [1.165, 1.54) is 0 Å². The van der Waals surface area contributed by atoms with Gasteiger partial charge in [-0.2, -0.15) is 0 Å². The SMILES string of the molecule is CCCn1c(CCNC(C)(C)C)nc2ccc(Cl)cc21. The van der Waals surface area contributed by atoms with Gasteiger partial charge in [0.25, 0.3) is 0 Å². The van der Waals surface area contributed by atoms with Crippen molar-refractivity contribution in [3.8, 4) is 0 Å². The van der Waals surface area contributed by atoms with Crippen molar-refractivity contribution < 1.29 is 0 Å². The quantitative estimate of drug-likeness (QED) is 0.902. The van der Waals surface area contributed by atoms with Crippen LogP contribution in [-0.2, 0) is 13.0 Å². The topological polar surface area (TPSA) is 29.9 Å². The number of halogens is 1. The lowest BCUT2D eigenvalue weighted by atomic mass is 10.1. The molecule has 2 aromatic rings. The molecule has 0 saturated heterocycles. The second-order valence-corrected chi connectivity index (χ2v) is 6.68. The van der Waals surface area contributed by atoms with Gasteiger partial charge in [0, 0.05) is 30.1 Å². The molecular weight excluding hydrogens is 270 g/mol. The first kappa shape index (κ1) is 15.3. The molecule has 0 amide bonds. The third-order valence-corrected chi connectivity index (χ3v) is 3.48. The molecule has 1 aromatic carbocycles. The minimum Gasteiger partial charge on any atom is -0.328 e. The zero-order valence-electron chi connectivity index (χ0n) is 12.8. The maximum atomic E-state index is 6.11. The fraction of sp³-hybridized carbons (Fsp3) is 0.562. The molecule has 1 heterocycles. The van der Waals surface area contributed by atoms with E-state index in [2.05, 4.69) is 37.6 Å². The third-order valence-electron chi connectivity index (χ3n) is 3.24. The molecule has 0 spiro atoms. The summed E-state index contributed by atoms with van der Waals surface area (Å²) in [7, 11) is 0. The molecule has 20 heavy (non-hydrogen) atoms. The van der Waals surface area contributed by atoms with Crippen molar-refractivity contribution in [1.82, 2.24) is 14.9 Å². The van der Waals surface area contributed by atoms with Gasteiger partial charge in [0.2, 0.25) is 0 Å². The fourth-order valence-electron chi connectivity index (χ4n) is 2.36. The molecule has 2 rings (SSSR count). The molecule has 0 unspecified atom stereocenters. The van der Waals surface area contributed by atoms with Crippen LogP contribution in [0.5, 0.6) is 0 Å². The summed E-state index contributed by atoms with van der Waals surface area (Å²) in [5.74, 6) is 1.14. The Hall–Kier alpha value is -1.06. The Morgan fingerprint density at radius 2 is 2.05 bits per heavy atom. The minimum absolute atomic E-state index is 0.144. The van der Waals surface area contributed by atoms with Crippen LogP contribution in [0, 0.1) is 0 Å². The van der Waals surface area contributed by atoms with Crippen LogP contribution in [0.1, 0.15) is 39.9 Å². The number of nitrogens with zero attached hydrogens (tertiary/aromatic N) is 2. The Bertz CT molecular complexity index is 581. The van der Waals surface area contributed by atoms with E-state index in [1.807, 2.05) is 18.2 Å². The van der Waals surface area contributed by atoms with Crippen LogP contribution >= 0.6 is 11.6 Å². The standard InChI is InChI=1S/C16H24ClN3/c1-5-10-20-14-11-12(17)6-7-13(14)19-15(20)8-9-18-16(2,3)4/h6-7,11,18H,5,8-10H2,1-4H3. The number of rotatable bonds is 5. The first-order chi connectivity index (χ1) is 9.40. The van der Waals surface area contributed by atoms with Gasteiger partial charge >= 0.3 is 0 Å². The van der Waals surface area contributed by atoms with E-state index in [9.17, 15) is 0 Å². The van der Waals surface area contributed by atoms with E-state index in [-0.39, 0.29) is 5.54 Å². The van der Waals surface area contributed by atoms with E-state index in [0.29, 0.717) is 0 Å². The molecule has 0 atom stereocenters. The number of aromatic nitrogens is 2. The molecule has 0 saturated carbocycles. The summed E-state index contributed by atoms with van der Waals surface area (Å²) in [6.45, 7) is 10.7. The van der Waals surface area contributed by atoms with Gasteiger partial charge in [0.05, 0.1) is 11.0 Å². The molecule has 0 bridgehead atoms. The average molecular weight is 294 g/mol. The average Bonchev–Trinajstić information content (AvgIpc) is 2.66. The number of hydrogen-bond acceptors (Lipinski definition) is 2. The van der Waals surface area contributed by atoms with Gasteiger partial charge < -0.3 is 9.88 Å². The first-order valence-corrected chi connectivity index (χ1v) is 7.68. The van der Waals surface area contributed by atoms with E-state index in [1.54, 1.807) is 0 Å². The van der Waals surface area contributed by atoms with Crippen LogP contribution in [0.2, 0.25) is 5.02 Å². The molecule has 3 nitrogen and oxygen atoms in total. The highest BCUT2D eigenvalue weighted by Gasteiger charge is 2.12. The van der Waals surface area contributed by atoms with Crippen LogP contribution in [0.4, 0.5) is 0 Å². The van der Waals surface area contributed by atoms with Gasteiger partial charge in [-0.05, 0) is 45.4 Å². The predicted octanol–water partition coefficient (Wildman–Crippen LogP) is 4.03. The van der Waals surface area contributed by atoms with Crippen molar-refractivity contribution in [1.29, 1.82) is 0 Å². The highest BCUT2D eigenvalue weighted by atomic mass is 35.5. The number of fused-ring (bicyclic) bond motifs is 1. The zero-order chi connectivity index (χ0) is 14.8. The van der Waals surface area contributed by atoms with Gasteiger partial charge in [-0.3, -0.25) is 0 Å². The summed E-state index contributed by atoms with van der Waals surface area (Å²) in [4.78, 5) is 4.76. The maximum absolute atomic E-state index is 6.11. The third kappa shape index (κ3) is 3.74. The number of benzene rings is 1. The Morgan fingerprint density at radius 3 is 2.70 bits per heavy atom. The van der Waals surface area contributed by atoms with Crippen molar-refractivity contribution in [2.24, 2.45) is 0 Å². The molecule has 0 aliphatic rings. The Balaban J connectivity index is 2.25. The Labute approximate surface area is 126 Å². The van der Waals surface area contributed by atoms with Crippen LogP contribution in [0.15, 0.2) is 18.2 Å². The van der Waals surface area contributed by atoms with Gasteiger partial charge in [-0.15, -0.1) is 0 Å². The first-order valence-electron chi connectivity index (χ1n) is 7.30. The number of nitrogens with one attached hydrogen (secondary N) is 1. The number of aryl methyl sites for hydroxylation is 1. The molecule has 1 aromatic heterocycles. The van der Waals surface area contributed by atoms with E-state index >= 15 is 0 Å². The lowest BCUT2D eigenvalue weighted by Gasteiger charge is -2.20. The fourth-order valence-corrected chi connectivity index (χ4v) is 2.53. The molecular formula is C16H24ClN3. The van der Waals surface area contributed by atoms with Gasteiger partial charge in [0.15, 0.2) is 0 Å². The van der Waals surface area contributed by atoms with Crippen LogP contribution in [0.25, 0.3) is 11.0 Å². The normalized spacial score (nSPS) is 12.2. The minimum atomic E-state index is 0.144.